The average Bonchev–Trinajstić information content (AvgIpc) is 2.51. The lowest BCUT2D eigenvalue weighted by Gasteiger charge is -2.10. The zero-order valence-corrected chi connectivity index (χ0v) is 12.5. The van der Waals surface area contributed by atoms with Crippen molar-refractivity contribution in [2.24, 2.45) is 7.05 Å². The molecule has 112 valence electrons. The maximum absolute atomic E-state index is 13.4. The van der Waals surface area contributed by atoms with Crippen molar-refractivity contribution in [3.8, 4) is 0 Å². The van der Waals surface area contributed by atoms with Gasteiger partial charge >= 0.3 is 0 Å². The molecule has 0 unspecified atom stereocenters. The van der Waals surface area contributed by atoms with Gasteiger partial charge in [-0.2, -0.15) is 0 Å². The average molecular weight is 317 g/mol. The molecule has 2 aromatic carbocycles. The van der Waals surface area contributed by atoms with E-state index in [1.807, 2.05) is 0 Å². The summed E-state index contributed by atoms with van der Waals surface area (Å²) in [5.74, 6) is -0.584. The summed E-state index contributed by atoms with van der Waals surface area (Å²) in [5.41, 5.74) is -0.227. The van der Waals surface area contributed by atoms with Crippen molar-refractivity contribution in [2.75, 3.05) is 0 Å². The third kappa shape index (κ3) is 2.21. The number of rotatable bonds is 2. The van der Waals surface area contributed by atoms with Gasteiger partial charge in [0.2, 0.25) is 15.3 Å². The SMILES string of the molecule is Cn1cc(S(=O)(=O)c2ccccc2)c(=O)c2cc(F)ccc21. The lowest BCUT2D eigenvalue weighted by Crippen LogP contribution is -2.18. The Hall–Kier alpha value is -2.47. The quantitative estimate of drug-likeness (QED) is 0.730. The first-order chi connectivity index (χ1) is 10.4. The highest BCUT2D eigenvalue weighted by Crippen LogP contribution is 2.20. The van der Waals surface area contributed by atoms with Gasteiger partial charge in [-0.25, -0.2) is 12.8 Å². The molecule has 0 amide bonds. The molecule has 4 nitrogen and oxygen atoms in total. The van der Waals surface area contributed by atoms with Gasteiger partial charge in [-0.05, 0) is 30.3 Å². The molecule has 0 saturated carbocycles. The first-order valence-electron chi connectivity index (χ1n) is 6.50. The second kappa shape index (κ2) is 5.06. The van der Waals surface area contributed by atoms with Crippen LogP contribution < -0.4 is 5.43 Å². The van der Waals surface area contributed by atoms with E-state index in [0.29, 0.717) is 5.52 Å². The van der Waals surface area contributed by atoms with Gasteiger partial charge in [0.1, 0.15) is 10.7 Å². The van der Waals surface area contributed by atoms with E-state index < -0.39 is 21.1 Å². The highest BCUT2D eigenvalue weighted by molar-refractivity contribution is 7.91. The van der Waals surface area contributed by atoms with Gasteiger partial charge in [-0.1, -0.05) is 18.2 Å². The Morgan fingerprint density at radius 3 is 2.41 bits per heavy atom. The number of hydrogen-bond acceptors (Lipinski definition) is 3. The number of nitrogens with zero attached hydrogens (tertiary/aromatic N) is 1. The Labute approximate surface area is 126 Å². The lowest BCUT2D eigenvalue weighted by molar-refractivity contribution is 0.594. The van der Waals surface area contributed by atoms with E-state index in [1.165, 1.54) is 35.0 Å². The summed E-state index contributed by atoms with van der Waals surface area (Å²) in [6.45, 7) is 0. The molecule has 0 radical (unpaired) electrons. The fourth-order valence-corrected chi connectivity index (χ4v) is 3.77. The summed E-state index contributed by atoms with van der Waals surface area (Å²) in [5, 5.41) is 0.0412. The number of pyridine rings is 1. The molecule has 0 atom stereocenters. The Balaban J connectivity index is 2.38. The highest BCUT2D eigenvalue weighted by atomic mass is 32.2. The maximum atomic E-state index is 13.4. The zero-order chi connectivity index (χ0) is 15.9. The number of aryl methyl sites for hydroxylation is 1. The van der Waals surface area contributed by atoms with Gasteiger partial charge in [-0.3, -0.25) is 4.79 Å². The number of halogens is 1. The van der Waals surface area contributed by atoms with E-state index in [-0.39, 0.29) is 15.2 Å². The minimum atomic E-state index is -3.95. The van der Waals surface area contributed by atoms with Gasteiger partial charge < -0.3 is 4.57 Å². The minimum Gasteiger partial charge on any atom is -0.349 e. The molecule has 1 aromatic heterocycles. The Morgan fingerprint density at radius 1 is 1.05 bits per heavy atom. The molecule has 0 fully saturated rings. The van der Waals surface area contributed by atoms with Gasteiger partial charge in [-0.15, -0.1) is 0 Å². The van der Waals surface area contributed by atoms with E-state index in [4.69, 9.17) is 0 Å². The van der Waals surface area contributed by atoms with E-state index in [9.17, 15) is 17.6 Å². The largest absolute Gasteiger partial charge is 0.349 e. The lowest BCUT2D eigenvalue weighted by atomic mass is 10.2. The van der Waals surface area contributed by atoms with E-state index in [0.717, 1.165) is 6.07 Å². The van der Waals surface area contributed by atoms with Gasteiger partial charge in [0.25, 0.3) is 0 Å². The molecule has 3 aromatic rings. The molecule has 3 rings (SSSR count). The van der Waals surface area contributed by atoms with Crippen molar-refractivity contribution in [1.29, 1.82) is 0 Å². The van der Waals surface area contributed by atoms with Crippen molar-refractivity contribution in [2.45, 2.75) is 9.79 Å². The van der Waals surface area contributed by atoms with Crippen molar-refractivity contribution < 1.29 is 12.8 Å². The first kappa shape index (κ1) is 14.5. The Kier molecular flexibility index (Phi) is 3.33. The first-order valence-corrected chi connectivity index (χ1v) is 7.98. The second-order valence-electron chi connectivity index (χ2n) is 4.91. The molecule has 1 heterocycles. The normalized spacial score (nSPS) is 11.7. The molecule has 22 heavy (non-hydrogen) atoms. The van der Waals surface area contributed by atoms with Crippen LogP contribution in [0.15, 0.2) is 69.3 Å². The van der Waals surface area contributed by atoms with E-state index in [2.05, 4.69) is 0 Å². The van der Waals surface area contributed by atoms with E-state index in [1.54, 1.807) is 25.2 Å². The second-order valence-corrected chi connectivity index (χ2v) is 6.83. The summed E-state index contributed by atoms with van der Waals surface area (Å²) >= 11 is 0. The van der Waals surface area contributed by atoms with E-state index >= 15 is 0 Å². The summed E-state index contributed by atoms with van der Waals surface area (Å²) < 4.78 is 40.2. The third-order valence-corrected chi connectivity index (χ3v) is 5.22. The number of fused-ring (bicyclic) bond motifs is 1. The molecule has 6 heteroatoms. The number of sulfone groups is 1. The molecular weight excluding hydrogens is 305 g/mol. The fourth-order valence-electron chi connectivity index (χ4n) is 2.35. The number of hydrogen-bond donors (Lipinski definition) is 0. The van der Waals surface area contributed by atoms with Crippen LogP contribution in [0.3, 0.4) is 0 Å². The van der Waals surface area contributed by atoms with Crippen LogP contribution in [0.2, 0.25) is 0 Å². The summed E-state index contributed by atoms with van der Waals surface area (Å²) in [7, 11) is -2.34. The van der Waals surface area contributed by atoms with Crippen LogP contribution in [0, 0.1) is 5.82 Å². The smallest absolute Gasteiger partial charge is 0.211 e. The van der Waals surface area contributed by atoms with Crippen LogP contribution in [0.1, 0.15) is 0 Å². The topological polar surface area (TPSA) is 56.1 Å². The minimum absolute atomic E-state index is 0.0304. The predicted octanol–water partition coefficient (Wildman–Crippen LogP) is 2.51. The van der Waals surface area contributed by atoms with Crippen molar-refractivity contribution in [1.82, 2.24) is 4.57 Å². The van der Waals surface area contributed by atoms with Gasteiger partial charge in [0, 0.05) is 18.6 Å². The Bertz CT molecular complexity index is 1020. The van der Waals surface area contributed by atoms with Crippen molar-refractivity contribution in [3.63, 3.8) is 0 Å². The monoisotopic (exact) mass is 317 g/mol. The van der Waals surface area contributed by atoms with Crippen LogP contribution in [0.25, 0.3) is 10.9 Å². The zero-order valence-electron chi connectivity index (χ0n) is 11.7. The van der Waals surface area contributed by atoms with Crippen LogP contribution in [0.4, 0.5) is 4.39 Å². The summed E-state index contributed by atoms with van der Waals surface area (Å²) in [6.07, 6.45) is 1.27. The summed E-state index contributed by atoms with van der Waals surface area (Å²) in [6, 6.07) is 11.4. The predicted molar refractivity (Wildman–Crippen MR) is 81.0 cm³/mol. The van der Waals surface area contributed by atoms with Crippen LogP contribution in [-0.2, 0) is 16.9 Å². The standard InChI is InChI=1S/C16H12FNO3S/c1-18-10-15(22(20,21)12-5-3-2-4-6-12)16(19)13-9-11(17)7-8-14(13)18/h2-10H,1H3. The molecular formula is C16H12FNO3S. The van der Waals surface area contributed by atoms with Crippen LogP contribution in [-0.4, -0.2) is 13.0 Å². The molecule has 0 aliphatic carbocycles. The number of benzene rings is 2. The molecule has 0 aliphatic rings. The maximum Gasteiger partial charge on any atom is 0.211 e. The van der Waals surface area contributed by atoms with Crippen LogP contribution >= 0.6 is 0 Å². The fraction of sp³-hybridized carbons (Fsp3) is 0.0625. The molecule has 0 bridgehead atoms. The van der Waals surface area contributed by atoms with Crippen LogP contribution in [0.5, 0.6) is 0 Å². The van der Waals surface area contributed by atoms with Crippen molar-refractivity contribution in [3.05, 3.63) is 70.8 Å². The molecule has 0 N–H and O–H groups in total. The van der Waals surface area contributed by atoms with Crippen molar-refractivity contribution >= 4 is 20.7 Å². The Morgan fingerprint density at radius 2 is 1.73 bits per heavy atom. The highest BCUT2D eigenvalue weighted by Gasteiger charge is 2.23. The molecule has 0 aliphatic heterocycles. The molecule has 0 saturated heterocycles. The molecule has 0 spiro atoms. The summed E-state index contributed by atoms with van der Waals surface area (Å²) in [4.78, 5) is 12.2. The third-order valence-electron chi connectivity index (χ3n) is 3.46. The number of aromatic nitrogens is 1. The van der Waals surface area contributed by atoms with Gasteiger partial charge in [0.15, 0.2) is 0 Å². The van der Waals surface area contributed by atoms with Gasteiger partial charge in [0.05, 0.1) is 10.4 Å².